The maximum absolute atomic E-state index is 12.6. The van der Waals surface area contributed by atoms with Gasteiger partial charge in [0, 0.05) is 5.56 Å². The van der Waals surface area contributed by atoms with Gasteiger partial charge in [0.15, 0.2) is 17.2 Å². The van der Waals surface area contributed by atoms with Gasteiger partial charge in [-0.3, -0.25) is 0 Å². The number of carbonyl (C=O) groups excluding carboxylic acids is 1. The molecule has 0 unspecified atom stereocenters. The Labute approximate surface area is 197 Å². The molecule has 9 heteroatoms. The Bertz CT molecular complexity index is 1380. The minimum Gasteiger partial charge on any atom is -0.497 e. The van der Waals surface area contributed by atoms with Gasteiger partial charge < -0.3 is 18.4 Å². The van der Waals surface area contributed by atoms with Gasteiger partial charge in [-0.1, -0.05) is 30.3 Å². The van der Waals surface area contributed by atoms with Crippen molar-refractivity contribution in [3.63, 3.8) is 0 Å². The smallest absolute Gasteiger partial charge is 0.363 e. The van der Waals surface area contributed by atoms with Crippen molar-refractivity contribution in [1.29, 1.82) is 0 Å². The number of cyclic esters (lactones) is 1. The van der Waals surface area contributed by atoms with E-state index in [0.717, 1.165) is 0 Å². The standard InChI is InChI=1S/C25H21NO7S/c1-3-31-23-15-17(12-13-22(23)33-34(28,29)20-10-5-4-6-11-20)14-21-25(27)32-24(26-21)18-8-7-9-19(16-18)30-2/h4-16H,3H2,1-2H3. The van der Waals surface area contributed by atoms with Crippen LogP contribution >= 0.6 is 0 Å². The number of benzene rings is 3. The molecule has 1 heterocycles. The first-order valence-corrected chi connectivity index (χ1v) is 11.7. The Morgan fingerprint density at radius 3 is 2.50 bits per heavy atom. The number of rotatable bonds is 8. The summed E-state index contributed by atoms with van der Waals surface area (Å²) in [4.78, 5) is 16.7. The molecule has 1 aliphatic heterocycles. The largest absolute Gasteiger partial charge is 0.497 e. The Kier molecular flexibility index (Phi) is 6.65. The molecule has 0 amide bonds. The number of methoxy groups -OCH3 is 1. The van der Waals surface area contributed by atoms with E-state index in [-0.39, 0.29) is 34.6 Å². The average molecular weight is 480 g/mol. The molecule has 8 nitrogen and oxygen atoms in total. The molecule has 0 atom stereocenters. The summed E-state index contributed by atoms with van der Waals surface area (Å²) < 4.78 is 46.6. The van der Waals surface area contributed by atoms with Crippen LogP contribution in [0.15, 0.2) is 88.4 Å². The van der Waals surface area contributed by atoms with Crippen LogP contribution in [0.25, 0.3) is 6.08 Å². The highest BCUT2D eigenvalue weighted by molar-refractivity contribution is 7.87. The van der Waals surface area contributed by atoms with E-state index in [1.807, 2.05) is 0 Å². The maximum atomic E-state index is 12.6. The number of hydrogen-bond donors (Lipinski definition) is 0. The lowest BCUT2D eigenvalue weighted by atomic mass is 10.1. The van der Waals surface area contributed by atoms with Crippen molar-refractivity contribution in [1.82, 2.24) is 0 Å². The zero-order chi connectivity index (χ0) is 24.1. The first kappa shape index (κ1) is 23.1. The van der Waals surface area contributed by atoms with E-state index in [9.17, 15) is 13.2 Å². The second kappa shape index (κ2) is 9.80. The molecule has 0 N–H and O–H groups in total. The van der Waals surface area contributed by atoms with Crippen LogP contribution in [0.3, 0.4) is 0 Å². The number of carbonyl (C=O) groups is 1. The molecule has 0 fully saturated rings. The molecule has 3 aromatic rings. The van der Waals surface area contributed by atoms with Gasteiger partial charge in [-0.2, -0.15) is 8.42 Å². The van der Waals surface area contributed by atoms with Crippen molar-refractivity contribution in [3.8, 4) is 17.2 Å². The third kappa shape index (κ3) is 5.10. The van der Waals surface area contributed by atoms with Crippen LogP contribution in [0.5, 0.6) is 17.2 Å². The summed E-state index contributed by atoms with van der Waals surface area (Å²) >= 11 is 0. The van der Waals surface area contributed by atoms with E-state index in [0.29, 0.717) is 16.9 Å². The summed E-state index contributed by atoms with van der Waals surface area (Å²) in [5, 5.41) is 0. The Morgan fingerprint density at radius 2 is 1.76 bits per heavy atom. The zero-order valence-electron chi connectivity index (χ0n) is 18.4. The lowest BCUT2D eigenvalue weighted by molar-refractivity contribution is -0.129. The molecule has 1 aliphatic rings. The third-order valence-electron chi connectivity index (χ3n) is 4.74. The number of hydrogen-bond acceptors (Lipinski definition) is 8. The van der Waals surface area contributed by atoms with Crippen molar-refractivity contribution < 1.29 is 31.6 Å². The molecular formula is C25H21NO7S. The predicted molar refractivity (Wildman–Crippen MR) is 125 cm³/mol. The molecule has 0 saturated carbocycles. The van der Waals surface area contributed by atoms with Gasteiger partial charge in [-0.15, -0.1) is 0 Å². The van der Waals surface area contributed by atoms with E-state index >= 15 is 0 Å². The molecule has 0 saturated heterocycles. The SMILES string of the molecule is CCOc1cc(C=C2N=C(c3cccc(OC)c3)OC2=O)ccc1OS(=O)(=O)c1ccccc1. The van der Waals surface area contributed by atoms with Crippen molar-refractivity contribution >= 4 is 28.1 Å². The topological polar surface area (TPSA) is 100 Å². The number of esters is 1. The van der Waals surface area contributed by atoms with Gasteiger partial charge in [0.05, 0.1) is 13.7 Å². The van der Waals surface area contributed by atoms with E-state index in [4.69, 9.17) is 18.4 Å². The lowest BCUT2D eigenvalue weighted by Gasteiger charge is -2.12. The minimum absolute atomic E-state index is 0.0248. The average Bonchev–Trinajstić information content (AvgIpc) is 3.21. The van der Waals surface area contributed by atoms with Crippen LogP contribution in [0.2, 0.25) is 0 Å². The van der Waals surface area contributed by atoms with Crippen LogP contribution in [0.1, 0.15) is 18.1 Å². The molecular weight excluding hydrogens is 458 g/mol. The highest BCUT2D eigenvalue weighted by atomic mass is 32.2. The van der Waals surface area contributed by atoms with Crippen LogP contribution < -0.4 is 13.7 Å². The van der Waals surface area contributed by atoms with Crippen LogP contribution in [0, 0.1) is 0 Å². The zero-order valence-corrected chi connectivity index (χ0v) is 19.2. The molecule has 0 radical (unpaired) electrons. The Balaban J connectivity index is 1.63. The first-order chi connectivity index (χ1) is 16.4. The summed E-state index contributed by atoms with van der Waals surface area (Å²) in [5.74, 6) is 0.398. The van der Waals surface area contributed by atoms with Crippen molar-refractivity contribution in [2.75, 3.05) is 13.7 Å². The van der Waals surface area contributed by atoms with Gasteiger partial charge in [-0.05, 0) is 61.0 Å². The number of nitrogens with zero attached hydrogens (tertiary/aromatic N) is 1. The quantitative estimate of drug-likeness (QED) is 0.271. The lowest BCUT2D eigenvalue weighted by Crippen LogP contribution is -2.10. The fourth-order valence-electron chi connectivity index (χ4n) is 3.15. The summed E-state index contributed by atoms with van der Waals surface area (Å²) in [6, 6.07) is 19.4. The molecule has 3 aromatic carbocycles. The Morgan fingerprint density at radius 1 is 0.971 bits per heavy atom. The normalized spacial score (nSPS) is 14.5. The molecule has 4 rings (SSSR count). The second-order valence-corrected chi connectivity index (χ2v) is 8.60. The predicted octanol–water partition coefficient (Wildman–Crippen LogP) is 4.21. The van der Waals surface area contributed by atoms with Gasteiger partial charge in [0.2, 0.25) is 5.90 Å². The van der Waals surface area contributed by atoms with E-state index in [1.54, 1.807) is 68.6 Å². The van der Waals surface area contributed by atoms with Gasteiger partial charge in [0.25, 0.3) is 0 Å². The summed E-state index contributed by atoms with van der Waals surface area (Å²) in [6.07, 6.45) is 1.52. The molecule has 174 valence electrons. The van der Waals surface area contributed by atoms with Crippen molar-refractivity contribution in [2.45, 2.75) is 11.8 Å². The summed E-state index contributed by atoms with van der Waals surface area (Å²) in [5.41, 5.74) is 1.24. The fraction of sp³-hybridized carbons (Fsp3) is 0.120. The molecule has 0 aromatic heterocycles. The van der Waals surface area contributed by atoms with E-state index in [1.165, 1.54) is 24.3 Å². The van der Waals surface area contributed by atoms with Gasteiger partial charge >= 0.3 is 16.1 Å². The summed E-state index contributed by atoms with van der Waals surface area (Å²) in [7, 11) is -2.50. The fourth-order valence-corrected chi connectivity index (χ4v) is 4.11. The highest BCUT2D eigenvalue weighted by Crippen LogP contribution is 2.32. The third-order valence-corrected chi connectivity index (χ3v) is 5.99. The van der Waals surface area contributed by atoms with Crippen LogP contribution in [-0.4, -0.2) is 34.0 Å². The van der Waals surface area contributed by atoms with Gasteiger partial charge in [0.1, 0.15) is 10.6 Å². The molecule has 0 bridgehead atoms. The van der Waals surface area contributed by atoms with Crippen LogP contribution in [0.4, 0.5) is 0 Å². The molecule has 34 heavy (non-hydrogen) atoms. The number of ether oxygens (including phenoxy) is 3. The van der Waals surface area contributed by atoms with Crippen LogP contribution in [-0.2, 0) is 19.6 Å². The second-order valence-electron chi connectivity index (χ2n) is 7.06. The maximum Gasteiger partial charge on any atom is 0.363 e. The monoisotopic (exact) mass is 479 g/mol. The first-order valence-electron chi connectivity index (χ1n) is 10.3. The van der Waals surface area contributed by atoms with Crippen molar-refractivity contribution in [3.05, 3.63) is 89.6 Å². The Hall–Kier alpha value is -4.11. The number of aliphatic imine (C=N–C) groups is 1. The molecule has 0 spiro atoms. The molecule has 0 aliphatic carbocycles. The van der Waals surface area contributed by atoms with Gasteiger partial charge in [-0.25, -0.2) is 9.79 Å². The highest BCUT2D eigenvalue weighted by Gasteiger charge is 2.25. The van der Waals surface area contributed by atoms with E-state index in [2.05, 4.69) is 4.99 Å². The van der Waals surface area contributed by atoms with E-state index < -0.39 is 16.1 Å². The minimum atomic E-state index is -4.04. The summed E-state index contributed by atoms with van der Waals surface area (Å²) in [6.45, 7) is 2.04. The van der Waals surface area contributed by atoms with Crippen molar-refractivity contribution in [2.24, 2.45) is 4.99 Å².